The summed E-state index contributed by atoms with van der Waals surface area (Å²) in [7, 11) is 0. The first-order chi connectivity index (χ1) is 17.0. The van der Waals surface area contributed by atoms with Gasteiger partial charge in [0.2, 0.25) is 0 Å². The maximum atomic E-state index is 13.3. The van der Waals surface area contributed by atoms with Crippen LogP contribution >= 0.6 is 0 Å². The number of nitrogens with one attached hydrogen (secondary N) is 2. The highest BCUT2D eigenvalue weighted by atomic mass is 16.3. The number of anilines is 1. The molecule has 0 radical (unpaired) electrons. The monoisotopic (exact) mass is 469 g/mol. The summed E-state index contributed by atoms with van der Waals surface area (Å²) < 4.78 is 6.28. The zero-order valence-electron chi connectivity index (χ0n) is 20.0. The molecule has 6 nitrogen and oxygen atoms in total. The SMILES string of the molecule is Cc1oc(C23CC4CC(CC(C4)C2)C3)cc1C(=O)Nc1ccccc1C(=O)NCc1cccnc1. The number of furan rings is 1. The number of hydrogen-bond acceptors (Lipinski definition) is 4. The van der Waals surface area contributed by atoms with Crippen LogP contribution in [0, 0.1) is 24.7 Å². The van der Waals surface area contributed by atoms with Gasteiger partial charge in [-0.1, -0.05) is 18.2 Å². The van der Waals surface area contributed by atoms with Gasteiger partial charge in [-0.2, -0.15) is 0 Å². The zero-order valence-corrected chi connectivity index (χ0v) is 20.0. The first-order valence-electron chi connectivity index (χ1n) is 12.7. The normalized spacial score (nSPS) is 26.5. The lowest BCUT2D eigenvalue weighted by molar-refractivity contribution is -0.0154. The van der Waals surface area contributed by atoms with Gasteiger partial charge < -0.3 is 15.1 Å². The number of nitrogens with zero attached hydrogens (tertiary/aromatic N) is 1. The average molecular weight is 470 g/mol. The third-order valence-electron chi connectivity index (χ3n) is 8.32. The Kier molecular flexibility index (Phi) is 5.47. The van der Waals surface area contributed by atoms with Crippen LogP contribution in [-0.2, 0) is 12.0 Å². The van der Waals surface area contributed by atoms with Gasteiger partial charge in [0.1, 0.15) is 11.5 Å². The maximum Gasteiger partial charge on any atom is 0.259 e. The minimum absolute atomic E-state index is 0.0993. The van der Waals surface area contributed by atoms with Crippen molar-refractivity contribution in [2.75, 3.05) is 5.32 Å². The van der Waals surface area contributed by atoms with E-state index in [1.54, 1.807) is 30.6 Å². The molecule has 4 aliphatic rings. The van der Waals surface area contributed by atoms with E-state index in [4.69, 9.17) is 4.42 Å². The lowest BCUT2D eigenvalue weighted by Gasteiger charge is -2.55. The largest absolute Gasteiger partial charge is 0.465 e. The lowest BCUT2D eigenvalue weighted by Crippen LogP contribution is -2.48. The van der Waals surface area contributed by atoms with Gasteiger partial charge in [0.15, 0.2) is 0 Å². The number of para-hydroxylation sites is 1. The second-order valence-electron chi connectivity index (χ2n) is 10.8. The predicted octanol–water partition coefficient (Wildman–Crippen LogP) is 5.63. The van der Waals surface area contributed by atoms with Crippen molar-refractivity contribution in [3.05, 3.63) is 83.1 Å². The Morgan fingerprint density at radius 2 is 1.69 bits per heavy atom. The van der Waals surface area contributed by atoms with Gasteiger partial charge in [-0.25, -0.2) is 0 Å². The smallest absolute Gasteiger partial charge is 0.259 e. The number of hydrogen-bond donors (Lipinski definition) is 2. The molecule has 4 saturated carbocycles. The van der Waals surface area contributed by atoms with Crippen LogP contribution in [0.5, 0.6) is 0 Å². The van der Waals surface area contributed by atoms with Crippen molar-refractivity contribution in [2.24, 2.45) is 17.8 Å². The van der Waals surface area contributed by atoms with Gasteiger partial charge in [0.25, 0.3) is 11.8 Å². The molecule has 0 atom stereocenters. The summed E-state index contributed by atoms with van der Waals surface area (Å²) in [6.07, 6.45) is 11.1. The lowest BCUT2D eigenvalue weighted by atomic mass is 9.49. The molecular formula is C29H31N3O3. The molecule has 35 heavy (non-hydrogen) atoms. The van der Waals surface area contributed by atoms with Gasteiger partial charge in [0.05, 0.1) is 16.8 Å². The molecule has 2 heterocycles. The quantitative estimate of drug-likeness (QED) is 0.490. The molecule has 3 aromatic rings. The molecule has 0 spiro atoms. The van der Waals surface area contributed by atoms with Crippen molar-refractivity contribution >= 4 is 17.5 Å². The number of aryl methyl sites for hydroxylation is 1. The summed E-state index contributed by atoms with van der Waals surface area (Å²) in [6, 6.07) is 12.8. The van der Waals surface area contributed by atoms with E-state index in [0.717, 1.165) is 29.1 Å². The average Bonchev–Trinajstić information content (AvgIpc) is 3.25. The Hall–Kier alpha value is -3.41. The molecule has 1 aromatic carbocycles. The highest BCUT2D eigenvalue weighted by Crippen LogP contribution is 2.61. The zero-order chi connectivity index (χ0) is 24.0. The van der Waals surface area contributed by atoms with Gasteiger partial charge in [-0.15, -0.1) is 0 Å². The molecule has 7 rings (SSSR count). The third kappa shape index (κ3) is 4.15. The summed E-state index contributed by atoms with van der Waals surface area (Å²) >= 11 is 0. The van der Waals surface area contributed by atoms with Crippen LogP contribution in [0.2, 0.25) is 0 Å². The predicted molar refractivity (Wildman–Crippen MR) is 133 cm³/mol. The Bertz CT molecular complexity index is 1230. The van der Waals surface area contributed by atoms with E-state index in [1.165, 1.54) is 38.5 Å². The van der Waals surface area contributed by atoms with Crippen molar-refractivity contribution in [3.8, 4) is 0 Å². The number of rotatable bonds is 6. The second kappa shape index (κ2) is 8.67. The highest BCUT2D eigenvalue weighted by molar-refractivity contribution is 6.09. The topological polar surface area (TPSA) is 84.2 Å². The number of aromatic nitrogens is 1. The summed E-state index contributed by atoms with van der Waals surface area (Å²) in [5.41, 5.74) is 2.47. The van der Waals surface area contributed by atoms with E-state index in [0.29, 0.717) is 29.1 Å². The van der Waals surface area contributed by atoms with E-state index in [2.05, 4.69) is 15.6 Å². The van der Waals surface area contributed by atoms with Gasteiger partial charge >= 0.3 is 0 Å². The van der Waals surface area contributed by atoms with Crippen LogP contribution in [-0.4, -0.2) is 16.8 Å². The fourth-order valence-electron chi connectivity index (χ4n) is 7.14. The Balaban J connectivity index is 1.19. The molecule has 0 unspecified atom stereocenters. The van der Waals surface area contributed by atoms with E-state index >= 15 is 0 Å². The van der Waals surface area contributed by atoms with Gasteiger partial charge in [-0.3, -0.25) is 14.6 Å². The molecule has 4 aliphatic carbocycles. The van der Waals surface area contributed by atoms with E-state index in [1.807, 2.05) is 31.2 Å². The minimum Gasteiger partial charge on any atom is -0.465 e. The van der Waals surface area contributed by atoms with Crippen molar-refractivity contribution < 1.29 is 14.0 Å². The fraction of sp³-hybridized carbons (Fsp3) is 0.414. The van der Waals surface area contributed by atoms with Crippen LogP contribution in [0.1, 0.15) is 76.3 Å². The highest BCUT2D eigenvalue weighted by Gasteiger charge is 2.53. The maximum absolute atomic E-state index is 13.3. The molecule has 180 valence electrons. The minimum atomic E-state index is -0.247. The van der Waals surface area contributed by atoms with Crippen LogP contribution in [0.15, 0.2) is 59.3 Å². The number of amides is 2. The molecule has 2 amide bonds. The van der Waals surface area contributed by atoms with Crippen molar-refractivity contribution in [1.29, 1.82) is 0 Å². The van der Waals surface area contributed by atoms with Crippen LogP contribution < -0.4 is 10.6 Å². The summed E-state index contributed by atoms with van der Waals surface area (Å²) in [5, 5.41) is 5.87. The molecule has 0 aliphatic heterocycles. The number of pyridine rings is 1. The van der Waals surface area contributed by atoms with Crippen molar-refractivity contribution in [3.63, 3.8) is 0 Å². The molecule has 2 N–H and O–H groups in total. The second-order valence-corrected chi connectivity index (χ2v) is 10.8. The Morgan fingerprint density at radius 3 is 2.37 bits per heavy atom. The molecule has 4 bridgehead atoms. The summed E-state index contributed by atoms with van der Waals surface area (Å²) in [6.45, 7) is 2.23. The number of benzene rings is 1. The van der Waals surface area contributed by atoms with Gasteiger partial charge in [-0.05, 0) is 93.0 Å². The molecular weight excluding hydrogens is 438 g/mol. The van der Waals surface area contributed by atoms with Crippen molar-refractivity contribution in [1.82, 2.24) is 10.3 Å². The molecule has 2 aromatic heterocycles. The number of carbonyl (C=O) groups excluding carboxylic acids is 2. The van der Waals surface area contributed by atoms with Crippen LogP contribution in [0.4, 0.5) is 5.69 Å². The summed E-state index contributed by atoms with van der Waals surface area (Å²) in [4.78, 5) is 30.3. The fourth-order valence-corrected chi connectivity index (χ4v) is 7.14. The Labute approximate surface area is 205 Å². The van der Waals surface area contributed by atoms with E-state index in [-0.39, 0.29) is 17.2 Å². The standard InChI is InChI=1S/C29H31N3O3/c1-18-24(12-26(35-18)29-13-20-9-21(14-29)11-22(10-20)15-29)28(34)32-25-7-3-2-6-23(25)27(33)31-17-19-5-4-8-30-16-19/h2-8,12,16,20-22H,9-11,13-15,17H2,1H3,(H,31,33)(H,32,34). The van der Waals surface area contributed by atoms with E-state index in [9.17, 15) is 9.59 Å². The van der Waals surface area contributed by atoms with Crippen LogP contribution in [0.3, 0.4) is 0 Å². The summed E-state index contributed by atoms with van der Waals surface area (Å²) in [5.74, 6) is 3.56. The van der Waals surface area contributed by atoms with Crippen molar-refractivity contribution in [2.45, 2.75) is 57.4 Å². The first-order valence-corrected chi connectivity index (χ1v) is 12.7. The van der Waals surface area contributed by atoms with Crippen LogP contribution in [0.25, 0.3) is 0 Å². The molecule has 6 heteroatoms. The molecule has 0 saturated heterocycles. The molecule has 4 fully saturated rings. The number of carbonyl (C=O) groups is 2. The Morgan fingerprint density at radius 1 is 0.971 bits per heavy atom. The third-order valence-corrected chi connectivity index (χ3v) is 8.32. The first kappa shape index (κ1) is 22.1. The van der Waals surface area contributed by atoms with Gasteiger partial charge in [0, 0.05) is 24.4 Å². The van der Waals surface area contributed by atoms with E-state index < -0.39 is 0 Å².